The number of carbonyl (C=O) groups excluding carboxylic acids is 1. The molecule has 5 nitrogen and oxygen atoms in total. The molecule has 0 bridgehead atoms. The van der Waals surface area contributed by atoms with Crippen molar-refractivity contribution in [1.82, 2.24) is 5.32 Å². The molecule has 4 aromatic rings. The van der Waals surface area contributed by atoms with Crippen LogP contribution in [0, 0.1) is 5.82 Å². The maximum Gasteiger partial charge on any atom is 0.244 e. The molecule has 0 aliphatic rings. The van der Waals surface area contributed by atoms with E-state index in [2.05, 4.69) is 5.32 Å². The Labute approximate surface area is 204 Å². The Balaban J connectivity index is 1.56. The summed E-state index contributed by atoms with van der Waals surface area (Å²) in [5.74, 6) is 0.955. The summed E-state index contributed by atoms with van der Waals surface area (Å²) in [4.78, 5) is 12.6. The third-order valence-corrected chi connectivity index (χ3v) is 5.75. The Morgan fingerprint density at radius 1 is 1.11 bits per heavy atom. The average Bonchev–Trinajstić information content (AvgIpc) is 3.27. The molecule has 1 amide bonds. The zero-order chi connectivity index (χ0) is 24.8. The Morgan fingerprint density at radius 2 is 1.91 bits per heavy atom. The first-order valence-electron chi connectivity index (χ1n) is 11.5. The SMILES string of the molecule is CCOc1cc2occ(-c3ccc(F)cc3)c2cc1/C(C)=C/C(=O)NCCc1cccc(OC)c1. The molecule has 6 heteroatoms. The minimum Gasteiger partial charge on any atom is -0.497 e. The van der Waals surface area contributed by atoms with E-state index < -0.39 is 0 Å². The highest BCUT2D eigenvalue weighted by atomic mass is 19.1. The van der Waals surface area contributed by atoms with Crippen LogP contribution < -0.4 is 14.8 Å². The van der Waals surface area contributed by atoms with Crippen molar-refractivity contribution in [2.75, 3.05) is 20.3 Å². The zero-order valence-electron chi connectivity index (χ0n) is 20.1. The maximum absolute atomic E-state index is 13.4. The predicted molar refractivity (Wildman–Crippen MR) is 136 cm³/mol. The molecule has 4 rings (SSSR count). The second kappa shape index (κ2) is 10.9. The van der Waals surface area contributed by atoms with Crippen LogP contribution in [0.3, 0.4) is 0 Å². The van der Waals surface area contributed by atoms with Gasteiger partial charge in [-0.2, -0.15) is 0 Å². The Morgan fingerprint density at radius 3 is 2.66 bits per heavy atom. The molecule has 35 heavy (non-hydrogen) atoms. The molecule has 0 spiro atoms. The molecule has 1 heterocycles. The van der Waals surface area contributed by atoms with Gasteiger partial charge in [0.1, 0.15) is 22.9 Å². The molecule has 0 saturated carbocycles. The summed E-state index contributed by atoms with van der Waals surface area (Å²) < 4.78 is 30.3. The Hall–Kier alpha value is -4.06. The van der Waals surface area contributed by atoms with Gasteiger partial charge in [0.05, 0.1) is 20.0 Å². The van der Waals surface area contributed by atoms with E-state index in [0.29, 0.717) is 30.9 Å². The fraction of sp³-hybridized carbons (Fsp3) is 0.207. The normalized spacial score (nSPS) is 11.5. The van der Waals surface area contributed by atoms with Crippen molar-refractivity contribution in [2.24, 2.45) is 0 Å². The minimum atomic E-state index is -0.294. The van der Waals surface area contributed by atoms with Gasteiger partial charge in [-0.05, 0) is 67.3 Å². The van der Waals surface area contributed by atoms with E-state index in [1.54, 1.807) is 31.6 Å². The molecule has 1 aromatic heterocycles. The fourth-order valence-corrected chi connectivity index (χ4v) is 3.97. The highest BCUT2D eigenvalue weighted by molar-refractivity contribution is 6.00. The quantitative estimate of drug-likeness (QED) is 0.286. The first-order chi connectivity index (χ1) is 17.0. The molecule has 1 N–H and O–H groups in total. The molecule has 0 fully saturated rings. The van der Waals surface area contributed by atoms with Crippen LogP contribution in [0.15, 0.2) is 77.4 Å². The van der Waals surface area contributed by atoms with E-state index in [1.165, 1.54) is 12.1 Å². The first-order valence-corrected chi connectivity index (χ1v) is 11.5. The monoisotopic (exact) mass is 473 g/mol. The average molecular weight is 474 g/mol. The molecule has 0 aliphatic carbocycles. The lowest BCUT2D eigenvalue weighted by Gasteiger charge is -2.12. The van der Waals surface area contributed by atoms with Gasteiger partial charge >= 0.3 is 0 Å². The lowest BCUT2D eigenvalue weighted by atomic mass is 9.99. The van der Waals surface area contributed by atoms with Gasteiger partial charge in [-0.1, -0.05) is 24.3 Å². The number of nitrogens with one attached hydrogen (secondary N) is 1. The number of fused-ring (bicyclic) bond motifs is 1. The number of carbonyl (C=O) groups is 1. The number of methoxy groups -OCH3 is 1. The fourth-order valence-electron chi connectivity index (χ4n) is 3.97. The number of halogens is 1. The molecular formula is C29H28FNO4. The van der Waals surface area contributed by atoms with Crippen LogP contribution in [0.2, 0.25) is 0 Å². The van der Waals surface area contributed by atoms with Crippen molar-refractivity contribution in [3.8, 4) is 22.6 Å². The van der Waals surface area contributed by atoms with Crippen molar-refractivity contribution in [3.63, 3.8) is 0 Å². The number of rotatable bonds is 9. The maximum atomic E-state index is 13.4. The van der Waals surface area contributed by atoms with Crippen LogP contribution in [0.4, 0.5) is 4.39 Å². The molecular weight excluding hydrogens is 445 g/mol. The van der Waals surface area contributed by atoms with E-state index in [4.69, 9.17) is 13.9 Å². The van der Waals surface area contributed by atoms with Crippen LogP contribution in [-0.4, -0.2) is 26.2 Å². The van der Waals surface area contributed by atoms with E-state index in [1.807, 2.05) is 50.2 Å². The number of ether oxygens (including phenoxy) is 2. The van der Waals surface area contributed by atoms with Gasteiger partial charge in [0.2, 0.25) is 5.91 Å². The van der Waals surface area contributed by atoms with Gasteiger partial charge in [-0.25, -0.2) is 4.39 Å². The van der Waals surface area contributed by atoms with E-state index in [0.717, 1.165) is 39.0 Å². The Bertz CT molecular complexity index is 1360. The van der Waals surface area contributed by atoms with Crippen LogP contribution in [0.5, 0.6) is 11.5 Å². The largest absolute Gasteiger partial charge is 0.497 e. The van der Waals surface area contributed by atoms with Gasteiger partial charge in [0.15, 0.2) is 0 Å². The van der Waals surface area contributed by atoms with Crippen molar-refractivity contribution >= 4 is 22.4 Å². The molecule has 0 unspecified atom stereocenters. The lowest BCUT2D eigenvalue weighted by Crippen LogP contribution is -2.23. The minimum absolute atomic E-state index is 0.182. The van der Waals surface area contributed by atoms with Crippen LogP contribution in [0.1, 0.15) is 25.0 Å². The third-order valence-electron chi connectivity index (χ3n) is 5.75. The summed E-state index contributed by atoms with van der Waals surface area (Å²) >= 11 is 0. The summed E-state index contributed by atoms with van der Waals surface area (Å²) in [5.41, 5.74) is 5.00. The van der Waals surface area contributed by atoms with Gasteiger partial charge in [0.25, 0.3) is 0 Å². The van der Waals surface area contributed by atoms with Gasteiger partial charge in [-0.15, -0.1) is 0 Å². The number of furan rings is 1. The van der Waals surface area contributed by atoms with Crippen LogP contribution in [0.25, 0.3) is 27.7 Å². The molecule has 0 aliphatic heterocycles. The second-order valence-corrected chi connectivity index (χ2v) is 8.15. The van der Waals surface area contributed by atoms with Gasteiger partial charge in [-0.3, -0.25) is 4.79 Å². The van der Waals surface area contributed by atoms with Crippen molar-refractivity contribution in [3.05, 3.63) is 89.9 Å². The number of benzene rings is 3. The summed E-state index contributed by atoms with van der Waals surface area (Å²) in [6.45, 7) is 4.76. The highest BCUT2D eigenvalue weighted by Crippen LogP contribution is 2.37. The van der Waals surface area contributed by atoms with Crippen molar-refractivity contribution in [2.45, 2.75) is 20.3 Å². The molecule has 0 radical (unpaired) electrons. The molecule has 3 aromatic carbocycles. The first kappa shape index (κ1) is 24.1. The van der Waals surface area contributed by atoms with Crippen molar-refractivity contribution in [1.29, 1.82) is 0 Å². The Kier molecular flexibility index (Phi) is 7.51. The summed E-state index contributed by atoms with van der Waals surface area (Å²) in [6.07, 6.45) is 3.93. The summed E-state index contributed by atoms with van der Waals surface area (Å²) in [6, 6.07) is 17.8. The van der Waals surface area contributed by atoms with E-state index >= 15 is 0 Å². The standard InChI is InChI=1S/C29H28FNO4/c1-4-34-27-17-28-25(26(18-35-28)21-8-10-22(30)11-9-21)16-24(27)19(2)14-29(32)31-13-12-20-6-5-7-23(15-20)33-3/h5-11,14-18H,4,12-13H2,1-3H3,(H,31,32)/b19-14+. The van der Waals surface area contributed by atoms with Gasteiger partial charge in [0, 0.05) is 35.2 Å². The number of amides is 1. The number of hydrogen-bond donors (Lipinski definition) is 1. The van der Waals surface area contributed by atoms with E-state index in [9.17, 15) is 9.18 Å². The highest BCUT2D eigenvalue weighted by Gasteiger charge is 2.15. The smallest absolute Gasteiger partial charge is 0.244 e. The lowest BCUT2D eigenvalue weighted by molar-refractivity contribution is -0.116. The third kappa shape index (κ3) is 5.72. The second-order valence-electron chi connectivity index (χ2n) is 8.15. The molecule has 180 valence electrons. The van der Waals surface area contributed by atoms with Crippen molar-refractivity contribution < 1.29 is 23.1 Å². The number of allylic oxidation sites excluding steroid dienone is 1. The van der Waals surface area contributed by atoms with Crippen LogP contribution >= 0.6 is 0 Å². The van der Waals surface area contributed by atoms with Crippen LogP contribution in [-0.2, 0) is 11.2 Å². The predicted octanol–water partition coefficient (Wildman–Crippen LogP) is 6.41. The topological polar surface area (TPSA) is 60.7 Å². The zero-order valence-corrected chi connectivity index (χ0v) is 20.1. The number of hydrogen-bond acceptors (Lipinski definition) is 4. The van der Waals surface area contributed by atoms with Gasteiger partial charge < -0.3 is 19.2 Å². The summed E-state index contributed by atoms with van der Waals surface area (Å²) in [5, 5.41) is 3.81. The molecule has 0 saturated heterocycles. The van der Waals surface area contributed by atoms with E-state index in [-0.39, 0.29) is 11.7 Å². The molecule has 0 atom stereocenters. The summed E-state index contributed by atoms with van der Waals surface area (Å²) in [7, 11) is 1.63.